The van der Waals surface area contributed by atoms with Crippen LogP contribution in [-0.4, -0.2) is 45.1 Å². The van der Waals surface area contributed by atoms with Crippen molar-refractivity contribution in [2.45, 2.75) is 19.6 Å². The van der Waals surface area contributed by atoms with Gasteiger partial charge in [-0.25, -0.2) is 4.79 Å². The Balaban J connectivity index is 2.39. The van der Waals surface area contributed by atoms with Crippen LogP contribution in [0.3, 0.4) is 0 Å². The molecule has 7 nitrogen and oxygen atoms in total. The standard InChI is InChI=1S/C17H20F2N2O5S/c1-9-13(15(22)25-7-6-23-2)14(21-17(27)20-9)10-4-5-11(24-3)12(8-10)26-16(18)19/h4-5,8,14,16H,6-7H2,1-3H3,(H2,20,21,27). The van der Waals surface area contributed by atoms with Crippen LogP contribution >= 0.6 is 12.2 Å². The molecule has 148 valence electrons. The summed E-state index contributed by atoms with van der Waals surface area (Å²) in [7, 11) is 2.83. The third kappa shape index (κ3) is 5.27. The quantitative estimate of drug-likeness (QED) is 0.390. The molecule has 1 aromatic rings. The van der Waals surface area contributed by atoms with E-state index in [-0.39, 0.29) is 35.4 Å². The van der Waals surface area contributed by atoms with Gasteiger partial charge in [0.05, 0.1) is 25.3 Å². The van der Waals surface area contributed by atoms with E-state index in [1.165, 1.54) is 26.4 Å². The Morgan fingerprint density at radius 1 is 1.26 bits per heavy atom. The van der Waals surface area contributed by atoms with Crippen LogP contribution < -0.4 is 20.1 Å². The van der Waals surface area contributed by atoms with Crippen molar-refractivity contribution < 1.29 is 32.5 Å². The Kier molecular flexibility index (Phi) is 7.31. The predicted octanol–water partition coefficient (Wildman–Crippen LogP) is 2.28. The molecule has 2 rings (SSSR count). The van der Waals surface area contributed by atoms with Crippen molar-refractivity contribution >= 4 is 23.3 Å². The molecule has 1 aliphatic rings. The summed E-state index contributed by atoms with van der Waals surface area (Å²) < 4.78 is 45.0. The molecule has 27 heavy (non-hydrogen) atoms. The molecule has 1 unspecified atom stereocenters. The molecule has 1 aliphatic heterocycles. The number of benzene rings is 1. The van der Waals surface area contributed by atoms with Gasteiger partial charge in [-0.05, 0) is 36.8 Å². The van der Waals surface area contributed by atoms with Gasteiger partial charge in [0.2, 0.25) is 0 Å². The monoisotopic (exact) mass is 402 g/mol. The summed E-state index contributed by atoms with van der Waals surface area (Å²) in [6.07, 6.45) is 0. The number of allylic oxidation sites excluding steroid dienone is 1. The van der Waals surface area contributed by atoms with Crippen molar-refractivity contribution in [1.82, 2.24) is 10.6 Å². The van der Waals surface area contributed by atoms with Crippen LogP contribution in [0.15, 0.2) is 29.5 Å². The van der Waals surface area contributed by atoms with Crippen LogP contribution in [0.4, 0.5) is 8.78 Å². The van der Waals surface area contributed by atoms with Gasteiger partial charge in [0.1, 0.15) is 6.61 Å². The molecule has 2 N–H and O–H groups in total. The summed E-state index contributed by atoms with van der Waals surface area (Å²) >= 11 is 5.15. The lowest BCUT2D eigenvalue weighted by Gasteiger charge is -2.30. The Morgan fingerprint density at radius 2 is 2.00 bits per heavy atom. The van der Waals surface area contributed by atoms with E-state index < -0.39 is 18.6 Å². The van der Waals surface area contributed by atoms with Gasteiger partial charge in [0.25, 0.3) is 0 Å². The lowest BCUT2D eigenvalue weighted by atomic mass is 9.95. The molecule has 0 radical (unpaired) electrons. The molecule has 0 aliphatic carbocycles. The molecular formula is C17H20F2N2O5S. The second kappa shape index (κ2) is 9.47. The molecule has 0 bridgehead atoms. The topological polar surface area (TPSA) is 78.1 Å². The summed E-state index contributed by atoms with van der Waals surface area (Å²) in [4.78, 5) is 12.5. The number of halogens is 2. The van der Waals surface area contributed by atoms with E-state index in [2.05, 4.69) is 15.4 Å². The van der Waals surface area contributed by atoms with Gasteiger partial charge in [-0.1, -0.05) is 6.07 Å². The molecule has 10 heteroatoms. The van der Waals surface area contributed by atoms with Crippen LogP contribution in [-0.2, 0) is 14.3 Å². The maximum absolute atomic E-state index is 12.7. The number of carbonyl (C=O) groups is 1. The van der Waals surface area contributed by atoms with Crippen LogP contribution in [0.1, 0.15) is 18.5 Å². The number of carbonyl (C=O) groups excluding carboxylic acids is 1. The zero-order valence-electron chi connectivity index (χ0n) is 15.0. The molecule has 0 saturated heterocycles. The molecule has 0 spiro atoms. The summed E-state index contributed by atoms with van der Waals surface area (Å²) in [5, 5.41) is 6.10. The highest BCUT2D eigenvalue weighted by molar-refractivity contribution is 7.80. The van der Waals surface area contributed by atoms with Crippen molar-refractivity contribution in [2.75, 3.05) is 27.4 Å². The SMILES string of the molecule is COCCOC(=O)C1=C(C)NC(=S)NC1c1ccc(OC)c(OC(F)F)c1. The van der Waals surface area contributed by atoms with E-state index in [1.54, 1.807) is 13.0 Å². The highest BCUT2D eigenvalue weighted by Crippen LogP contribution is 2.35. The average molecular weight is 402 g/mol. The number of esters is 1. The van der Waals surface area contributed by atoms with Crippen molar-refractivity contribution in [3.8, 4) is 11.5 Å². The minimum atomic E-state index is -3.02. The third-order valence-corrected chi connectivity index (χ3v) is 3.97. The zero-order valence-corrected chi connectivity index (χ0v) is 15.8. The summed E-state index contributed by atoms with van der Waals surface area (Å²) in [6, 6.07) is 3.76. The number of nitrogens with one attached hydrogen (secondary N) is 2. The predicted molar refractivity (Wildman–Crippen MR) is 96.8 cm³/mol. The number of methoxy groups -OCH3 is 2. The van der Waals surface area contributed by atoms with Gasteiger partial charge in [-0.2, -0.15) is 8.78 Å². The first-order valence-corrected chi connectivity index (χ1v) is 8.35. The van der Waals surface area contributed by atoms with E-state index in [0.29, 0.717) is 11.3 Å². The first kappa shape index (κ1) is 20.8. The number of thiocarbonyl (C=S) groups is 1. The zero-order chi connectivity index (χ0) is 20.0. The van der Waals surface area contributed by atoms with E-state index >= 15 is 0 Å². The lowest BCUT2D eigenvalue weighted by molar-refractivity contribution is -0.140. The summed E-state index contributed by atoms with van der Waals surface area (Å²) in [5.41, 5.74) is 1.25. The Labute approximate surface area is 160 Å². The van der Waals surface area contributed by atoms with Crippen molar-refractivity contribution in [2.24, 2.45) is 0 Å². The Hall–Kier alpha value is -2.46. The van der Waals surface area contributed by atoms with Crippen LogP contribution in [0.25, 0.3) is 0 Å². The number of hydrogen-bond acceptors (Lipinski definition) is 6. The van der Waals surface area contributed by atoms with Gasteiger partial charge in [0.15, 0.2) is 16.6 Å². The summed E-state index contributed by atoms with van der Waals surface area (Å²) in [6.45, 7) is -1.03. The minimum absolute atomic E-state index is 0.0750. The van der Waals surface area contributed by atoms with Crippen molar-refractivity contribution in [3.05, 3.63) is 35.0 Å². The lowest BCUT2D eigenvalue weighted by Crippen LogP contribution is -2.45. The average Bonchev–Trinajstić information content (AvgIpc) is 2.60. The summed E-state index contributed by atoms with van der Waals surface area (Å²) in [5.74, 6) is -0.592. The molecule has 0 aromatic heterocycles. The number of alkyl halides is 2. The third-order valence-electron chi connectivity index (χ3n) is 3.75. The fourth-order valence-electron chi connectivity index (χ4n) is 2.57. The first-order chi connectivity index (χ1) is 12.9. The largest absolute Gasteiger partial charge is 0.493 e. The highest BCUT2D eigenvalue weighted by atomic mass is 32.1. The van der Waals surface area contributed by atoms with Crippen LogP contribution in [0.2, 0.25) is 0 Å². The molecule has 0 fully saturated rings. The van der Waals surface area contributed by atoms with Gasteiger partial charge in [0, 0.05) is 12.8 Å². The van der Waals surface area contributed by atoms with E-state index in [4.69, 9.17) is 26.4 Å². The molecule has 0 saturated carbocycles. The number of hydrogen-bond donors (Lipinski definition) is 2. The Morgan fingerprint density at radius 3 is 2.63 bits per heavy atom. The molecule has 1 atom stereocenters. The minimum Gasteiger partial charge on any atom is -0.493 e. The van der Waals surface area contributed by atoms with Gasteiger partial charge in [-0.15, -0.1) is 0 Å². The fourth-order valence-corrected chi connectivity index (χ4v) is 2.84. The maximum Gasteiger partial charge on any atom is 0.387 e. The van der Waals surface area contributed by atoms with Crippen molar-refractivity contribution in [1.29, 1.82) is 0 Å². The molecule has 1 aromatic carbocycles. The normalized spacial score (nSPS) is 16.7. The van der Waals surface area contributed by atoms with Gasteiger partial charge in [-0.3, -0.25) is 0 Å². The highest BCUT2D eigenvalue weighted by Gasteiger charge is 2.31. The Bertz CT molecular complexity index is 742. The maximum atomic E-state index is 12.7. The molecule has 0 amide bonds. The first-order valence-electron chi connectivity index (χ1n) is 7.94. The van der Waals surface area contributed by atoms with E-state index in [1.807, 2.05) is 0 Å². The fraction of sp³-hybridized carbons (Fsp3) is 0.412. The van der Waals surface area contributed by atoms with Gasteiger partial charge >= 0.3 is 12.6 Å². The van der Waals surface area contributed by atoms with Crippen molar-refractivity contribution in [3.63, 3.8) is 0 Å². The second-order valence-electron chi connectivity index (χ2n) is 5.49. The number of rotatable bonds is 8. The van der Waals surface area contributed by atoms with E-state index in [0.717, 1.165) is 0 Å². The second-order valence-corrected chi connectivity index (χ2v) is 5.90. The smallest absolute Gasteiger partial charge is 0.387 e. The van der Waals surface area contributed by atoms with Gasteiger partial charge < -0.3 is 29.6 Å². The van der Waals surface area contributed by atoms with Crippen LogP contribution in [0.5, 0.6) is 11.5 Å². The molecule has 1 heterocycles. The number of ether oxygens (including phenoxy) is 4. The molecular weight excluding hydrogens is 382 g/mol. The van der Waals surface area contributed by atoms with E-state index in [9.17, 15) is 13.6 Å². The van der Waals surface area contributed by atoms with Crippen LogP contribution in [0, 0.1) is 0 Å².